The molecule has 0 aliphatic carbocycles. The summed E-state index contributed by atoms with van der Waals surface area (Å²) in [6, 6.07) is 26.3. The second-order valence-electron chi connectivity index (χ2n) is 8.49. The van der Waals surface area contributed by atoms with Gasteiger partial charge in [-0.05, 0) is 79.2 Å². The standard InChI is InChI=1S/C30H22ClN3O4/c1-19-6-5-7-22(16-19)30(36)38-26-15-10-20(17-27(26)37-2)18-32-34-28(21-11-13-23(31)14-12-21)33-25-9-4-3-8-24(25)29(34)35/h3-18H,1-2H3. The van der Waals surface area contributed by atoms with E-state index < -0.39 is 5.97 Å². The number of hydrogen-bond donors (Lipinski definition) is 0. The van der Waals surface area contributed by atoms with Crippen molar-refractivity contribution in [3.05, 3.63) is 123 Å². The summed E-state index contributed by atoms with van der Waals surface area (Å²) >= 11 is 6.06. The molecule has 0 aliphatic heterocycles. The molecule has 5 rings (SSSR count). The maximum atomic E-state index is 13.4. The van der Waals surface area contributed by atoms with Gasteiger partial charge in [-0.3, -0.25) is 4.79 Å². The molecule has 0 fully saturated rings. The number of esters is 1. The fourth-order valence-corrected chi connectivity index (χ4v) is 4.05. The second-order valence-corrected chi connectivity index (χ2v) is 8.93. The summed E-state index contributed by atoms with van der Waals surface area (Å²) in [4.78, 5) is 30.7. The van der Waals surface area contributed by atoms with Gasteiger partial charge in [0.1, 0.15) is 0 Å². The number of aryl methyl sites for hydroxylation is 1. The maximum Gasteiger partial charge on any atom is 0.343 e. The van der Waals surface area contributed by atoms with Crippen LogP contribution >= 0.6 is 11.6 Å². The zero-order chi connectivity index (χ0) is 26.6. The largest absolute Gasteiger partial charge is 0.493 e. The molecule has 188 valence electrons. The summed E-state index contributed by atoms with van der Waals surface area (Å²) in [5, 5.41) is 5.48. The Morgan fingerprint density at radius 2 is 1.74 bits per heavy atom. The number of rotatable bonds is 6. The number of carbonyl (C=O) groups is 1. The van der Waals surface area contributed by atoms with Gasteiger partial charge in [-0.25, -0.2) is 9.78 Å². The van der Waals surface area contributed by atoms with Gasteiger partial charge in [0.15, 0.2) is 17.3 Å². The van der Waals surface area contributed by atoms with Crippen LogP contribution < -0.4 is 15.0 Å². The Balaban J connectivity index is 1.50. The number of para-hydroxylation sites is 1. The number of ether oxygens (including phenoxy) is 2. The Hall–Kier alpha value is -4.75. The fourth-order valence-electron chi connectivity index (χ4n) is 3.92. The molecule has 0 radical (unpaired) electrons. The van der Waals surface area contributed by atoms with Crippen molar-refractivity contribution in [2.45, 2.75) is 6.92 Å². The number of fused-ring (bicyclic) bond motifs is 1. The van der Waals surface area contributed by atoms with E-state index in [-0.39, 0.29) is 11.3 Å². The van der Waals surface area contributed by atoms with Crippen LogP contribution in [0.3, 0.4) is 0 Å². The first-order chi connectivity index (χ1) is 18.4. The van der Waals surface area contributed by atoms with Crippen LogP contribution in [0.25, 0.3) is 22.3 Å². The van der Waals surface area contributed by atoms with Crippen LogP contribution in [-0.4, -0.2) is 29.0 Å². The minimum Gasteiger partial charge on any atom is -0.493 e. The molecule has 0 bridgehead atoms. The van der Waals surface area contributed by atoms with E-state index in [2.05, 4.69) is 10.1 Å². The quantitative estimate of drug-likeness (QED) is 0.152. The molecule has 0 unspecified atom stereocenters. The molecule has 38 heavy (non-hydrogen) atoms. The van der Waals surface area contributed by atoms with Crippen molar-refractivity contribution in [2.24, 2.45) is 5.10 Å². The van der Waals surface area contributed by atoms with Crippen molar-refractivity contribution in [1.29, 1.82) is 0 Å². The van der Waals surface area contributed by atoms with Gasteiger partial charge in [0, 0.05) is 10.6 Å². The molecular weight excluding hydrogens is 502 g/mol. The van der Waals surface area contributed by atoms with E-state index >= 15 is 0 Å². The number of hydrogen-bond acceptors (Lipinski definition) is 6. The summed E-state index contributed by atoms with van der Waals surface area (Å²) in [5.41, 5.74) is 2.96. The minimum atomic E-state index is -0.491. The number of benzene rings is 4. The first-order valence-corrected chi connectivity index (χ1v) is 12.1. The second kappa shape index (κ2) is 10.7. The van der Waals surface area contributed by atoms with Gasteiger partial charge in [0.25, 0.3) is 5.56 Å². The molecule has 0 N–H and O–H groups in total. The lowest BCUT2D eigenvalue weighted by atomic mass is 10.1. The molecule has 1 heterocycles. The Morgan fingerprint density at radius 1 is 0.947 bits per heavy atom. The molecule has 8 heteroatoms. The number of aromatic nitrogens is 2. The van der Waals surface area contributed by atoms with Gasteiger partial charge in [0.2, 0.25) is 0 Å². The molecule has 0 aliphatic rings. The Bertz CT molecular complexity index is 1740. The van der Waals surface area contributed by atoms with Crippen molar-refractivity contribution in [1.82, 2.24) is 9.66 Å². The smallest absolute Gasteiger partial charge is 0.343 e. The lowest BCUT2D eigenvalue weighted by molar-refractivity contribution is 0.0729. The van der Waals surface area contributed by atoms with Crippen LogP contribution in [0.1, 0.15) is 21.5 Å². The monoisotopic (exact) mass is 523 g/mol. The number of halogens is 1. The minimum absolute atomic E-state index is 0.266. The Labute approximate surface area is 223 Å². The van der Waals surface area contributed by atoms with Gasteiger partial charge in [-0.1, -0.05) is 41.4 Å². The van der Waals surface area contributed by atoms with Crippen LogP contribution in [0.2, 0.25) is 5.02 Å². The molecule has 0 atom stereocenters. The summed E-state index contributed by atoms with van der Waals surface area (Å²) < 4.78 is 12.3. The zero-order valence-electron chi connectivity index (χ0n) is 20.6. The summed E-state index contributed by atoms with van der Waals surface area (Å²) in [5.74, 6) is 0.492. The van der Waals surface area contributed by atoms with E-state index in [4.69, 9.17) is 21.1 Å². The number of carbonyl (C=O) groups excluding carboxylic acids is 1. The predicted molar refractivity (Wildman–Crippen MR) is 149 cm³/mol. The first kappa shape index (κ1) is 24.9. The number of methoxy groups -OCH3 is 1. The molecule has 0 saturated heterocycles. The third-order valence-corrected chi connectivity index (χ3v) is 6.07. The van der Waals surface area contributed by atoms with Gasteiger partial charge in [-0.2, -0.15) is 9.78 Å². The lowest BCUT2D eigenvalue weighted by Crippen LogP contribution is -2.20. The van der Waals surface area contributed by atoms with Crippen LogP contribution in [-0.2, 0) is 0 Å². The highest BCUT2D eigenvalue weighted by molar-refractivity contribution is 6.30. The third-order valence-electron chi connectivity index (χ3n) is 5.82. The highest BCUT2D eigenvalue weighted by Crippen LogP contribution is 2.29. The summed E-state index contributed by atoms with van der Waals surface area (Å²) in [6.45, 7) is 1.90. The zero-order valence-corrected chi connectivity index (χ0v) is 21.3. The molecule has 1 aromatic heterocycles. The van der Waals surface area contributed by atoms with Crippen molar-refractivity contribution in [3.8, 4) is 22.9 Å². The van der Waals surface area contributed by atoms with Gasteiger partial charge in [0.05, 0.1) is 29.8 Å². The van der Waals surface area contributed by atoms with Crippen LogP contribution in [0.4, 0.5) is 0 Å². The maximum absolute atomic E-state index is 13.4. The fraction of sp³-hybridized carbons (Fsp3) is 0.0667. The van der Waals surface area contributed by atoms with Crippen molar-refractivity contribution >= 4 is 34.7 Å². The van der Waals surface area contributed by atoms with Gasteiger partial charge in [-0.15, -0.1) is 0 Å². The lowest BCUT2D eigenvalue weighted by Gasteiger charge is -2.11. The van der Waals surface area contributed by atoms with Crippen LogP contribution in [0, 0.1) is 6.92 Å². The number of nitrogens with zero attached hydrogens (tertiary/aromatic N) is 3. The predicted octanol–water partition coefficient (Wildman–Crippen LogP) is 6.14. The highest BCUT2D eigenvalue weighted by Gasteiger charge is 2.14. The van der Waals surface area contributed by atoms with Gasteiger partial charge < -0.3 is 9.47 Å². The molecular formula is C30H22ClN3O4. The Morgan fingerprint density at radius 3 is 2.50 bits per heavy atom. The van der Waals surface area contributed by atoms with E-state index in [9.17, 15) is 9.59 Å². The molecule has 0 spiro atoms. The van der Waals surface area contributed by atoms with E-state index in [1.807, 2.05) is 19.1 Å². The van der Waals surface area contributed by atoms with Crippen LogP contribution in [0.5, 0.6) is 11.5 Å². The van der Waals surface area contributed by atoms with Crippen molar-refractivity contribution in [2.75, 3.05) is 7.11 Å². The van der Waals surface area contributed by atoms with E-state index in [0.29, 0.717) is 44.2 Å². The highest BCUT2D eigenvalue weighted by atomic mass is 35.5. The topological polar surface area (TPSA) is 82.8 Å². The molecule has 0 amide bonds. The van der Waals surface area contributed by atoms with Crippen LogP contribution in [0.15, 0.2) is 101 Å². The molecule has 5 aromatic rings. The van der Waals surface area contributed by atoms with E-state index in [1.165, 1.54) is 18.0 Å². The van der Waals surface area contributed by atoms with Crippen molar-refractivity contribution < 1.29 is 14.3 Å². The SMILES string of the molecule is COc1cc(C=Nn2c(-c3ccc(Cl)cc3)nc3ccccc3c2=O)ccc1OC(=O)c1cccc(C)c1. The van der Waals surface area contributed by atoms with E-state index in [1.54, 1.807) is 78.9 Å². The summed E-state index contributed by atoms with van der Waals surface area (Å²) in [6.07, 6.45) is 1.52. The first-order valence-electron chi connectivity index (χ1n) is 11.7. The average molecular weight is 524 g/mol. The summed E-state index contributed by atoms with van der Waals surface area (Å²) in [7, 11) is 1.48. The normalized spacial score (nSPS) is 11.1. The third kappa shape index (κ3) is 5.19. The van der Waals surface area contributed by atoms with Crippen molar-refractivity contribution in [3.63, 3.8) is 0 Å². The Kier molecular flexibility index (Phi) is 7.02. The van der Waals surface area contributed by atoms with Gasteiger partial charge >= 0.3 is 5.97 Å². The molecule has 4 aromatic carbocycles. The average Bonchev–Trinajstić information content (AvgIpc) is 2.93. The molecule has 7 nitrogen and oxygen atoms in total. The molecule has 0 saturated carbocycles. The van der Waals surface area contributed by atoms with E-state index in [0.717, 1.165) is 5.56 Å².